The molecule has 25 heavy (non-hydrogen) atoms. The van der Waals surface area contributed by atoms with Crippen LogP contribution in [0.5, 0.6) is 17.2 Å². The van der Waals surface area contributed by atoms with E-state index in [-0.39, 0.29) is 5.91 Å². The van der Waals surface area contributed by atoms with E-state index in [0.29, 0.717) is 29.4 Å². The number of fused-ring (bicyclic) bond motifs is 1. The first-order chi connectivity index (χ1) is 12.2. The fraction of sp³-hybridized carbons (Fsp3) is 0.222. The molecule has 0 atom stereocenters. The number of rotatable bonds is 6. The largest absolute Gasteiger partial charge is 0.493 e. The highest BCUT2D eigenvalue weighted by Crippen LogP contribution is 2.38. The number of methoxy groups -OCH3 is 3. The predicted octanol–water partition coefficient (Wildman–Crippen LogP) is 3.25. The van der Waals surface area contributed by atoms with Gasteiger partial charge in [-0.25, -0.2) is 4.98 Å². The number of aromatic nitrogens is 1. The van der Waals surface area contributed by atoms with Gasteiger partial charge in [-0.05, 0) is 29.8 Å². The summed E-state index contributed by atoms with van der Waals surface area (Å²) >= 11 is 1.45. The van der Waals surface area contributed by atoms with E-state index >= 15 is 0 Å². The molecular weight excluding hydrogens is 340 g/mol. The lowest BCUT2D eigenvalue weighted by Gasteiger charge is -2.14. The maximum absolute atomic E-state index is 12.5. The molecule has 0 fully saturated rings. The average molecular weight is 358 g/mol. The molecule has 0 saturated heterocycles. The van der Waals surface area contributed by atoms with Gasteiger partial charge in [-0.3, -0.25) is 4.79 Å². The Bertz CT molecular complexity index is 882. The van der Waals surface area contributed by atoms with Crippen LogP contribution in [0.25, 0.3) is 10.2 Å². The third-order valence-electron chi connectivity index (χ3n) is 3.78. The molecule has 0 unspecified atom stereocenters. The number of thiazole rings is 1. The molecule has 0 saturated carbocycles. The maximum Gasteiger partial charge on any atom is 0.253 e. The average Bonchev–Trinajstić information content (AvgIpc) is 3.13. The third kappa shape index (κ3) is 3.36. The van der Waals surface area contributed by atoms with Crippen LogP contribution in [0.1, 0.15) is 15.9 Å². The van der Waals surface area contributed by atoms with Crippen LogP contribution in [0.15, 0.2) is 35.8 Å². The molecule has 1 heterocycles. The Hall–Kier alpha value is -2.80. The van der Waals surface area contributed by atoms with E-state index in [1.54, 1.807) is 32.9 Å². The number of nitrogens with one attached hydrogen (secondary N) is 1. The number of hydrogen-bond donors (Lipinski definition) is 1. The summed E-state index contributed by atoms with van der Waals surface area (Å²) in [6.07, 6.45) is 0. The minimum atomic E-state index is -0.149. The van der Waals surface area contributed by atoms with E-state index < -0.39 is 0 Å². The highest BCUT2D eigenvalue weighted by Gasteiger charge is 2.15. The summed E-state index contributed by atoms with van der Waals surface area (Å²) in [7, 11) is 4.67. The molecule has 0 radical (unpaired) electrons. The van der Waals surface area contributed by atoms with Crippen LogP contribution in [0.2, 0.25) is 0 Å². The number of hydrogen-bond acceptors (Lipinski definition) is 6. The van der Waals surface area contributed by atoms with Gasteiger partial charge in [0.05, 0.1) is 42.6 Å². The maximum atomic E-state index is 12.5. The predicted molar refractivity (Wildman–Crippen MR) is 96.9 cm³/mol. The number of amides is 1. The van der Waals surface area contributed by atoms with Crippen molar-refractivity contribution in [3.8, 4) is 17.2 Å². The molecule has 0 aliphatic carbocycles. The van der Waals surface area contributed by atoms with Crippen LogP contribution >= 0.6 is 11.3 Å². The second-order valence-corrected chi connectivity index (χ2v) is 6.08. The summed E-state index contributed by atoms with van der Waals surface area (Å²) < 4.78 is 16.9. The highest BCUT2D eigenvalue weighted by atomic mass is 32.1. The summed E-state index contributed by atoms with van der Waals surface area (Å²) in [6, 6.07) is 9.15. The number of nitrogens with zero attached hydrogens (tertiary/aromatic N) is 1. The van der Waals surface area contributed by atoms with E-state index in [9.17, 15) is 4.79 Å². The monoisotopic (exact) mass is 358 g/mol. The normalized spacial score (nSPS) is 10.5. The Kier molecular flexibility index (Phi) is 5.04. The van der Waals surface area contributed by atoms with Gasteiger partial charge in [-0.1, -0.05) is 6.07 Å². The Morgan fingerprint density at radius 1 is 1.12 bits per heavy atom. The number of carbonyl (C=O) groups excluding carboxylic acids is 1. The SMILES string of the molecule is COc1cc(CNC(=O)c2cccc3ncsc23)cc(OC)c1OC. The minimum Gasteiger partial charge on any atom is -0.493 e. The van der Waals surface area contributed by atoms with Crippen molar-refractivity contribution in [1.29, 1.82) is 0 Å². The van der Waals surface area contributed by atoms with Crippen LogP contribution in [-0.4, -0.2) is 32.2 Å². The molecule has 0 spiro atoms. The van der Waals surface area contributed by atoms with Gasteiger partial charge in [0.15, 0.2) is 11.5 Å². The number of ether oxygens (including phenoxy) is 3. The summed E-state index contributed by atoms with van der Waals surface area (Å²) in [4.78, 5) is 16.8. The van der Waals surface area contributed by atoms with E-state index in [2.05, 4.69) is 10.3 Å². The zero-order valence-corrected chi connectivity index (χ0v) is 15.0. The van der Waals surface area contributed by atoms with Crippen LogP contribution in [-0.2, 0) is 6.54 Å². The van der Waals surface area contributed by atoms with Gasteiger partial charge in [0.25, 0.3) is 5.91 Å². The van der Waals surface area contributed by atoms with Crippen LogP contribution in [0.3, 0.4) is 0 Å². The van der Waals surface area contributed by atoms with E-state index in [0.717, 1.165) is 15.8 Å². The van der Waals surface area contributed by atoms with E-state index in [1.807, 2.05) is 24.3 Å². The smallest absolute Gasteiger partial charge is 0.253 e. The molecule has 2 aromatic carbocycles. The molecule has 3 aromatic rings. The van der Waals surface area contributed by atoms with E-state index in [1.165, 1.54) is 11.3 Å². The molecule has 7 heteroatoms. The first-order valence-corrected chi connectivity index (χ1v) is 8.45. The highest BCUT2D eigenvalue weighted by molar-refractivity contribution is 7.17. The Balaban J connectivity index is 1.81. The molecule has 3 rings (SSSR count). The lowest BCUT2D eigenvalue weighted by Crippen LogP contribution is -2.22. The summed E-state index contributed by atoms with van der Waals surface area (Å²) in [5.41, 5.74) is 4.03. The molecule has 6 nitrogen and oxygen atoms in total. The zero-order chi connectivity index (χ0) is 17.8. The number of carbonyl (C=O) groups is 1. The summed E-state index contributed by atoms with van der Waals surface area (Å²) in [5, 5.41) is 2.93. The lowest BCUT2D eigenvalue weighted by atomic mass is 10.1. The van der Waals surface area contributed by atoms with Gasteiger partial charge < -0.3 is 19.5 Å². The fourth-order valence-electron chi connectivity index (χ4n) is 2.58. The lowest BCUT2D eigenvalue weighted by molar-refractivity contribution is 0.0952. The van der Waals surface area contributed by atoms with Gasteiger partial charge in [-0.2, -0.15) is 0 Å². The minimum absolute atomic E-state index is 0.149. The summed E-state index contributed by atoms with van der Waals surface area (Å²) in [5.74, 6) is 1.48. The van der Waals surface area contributed by atoms with Gasteiger partial charge in [0.2, 0.25) is 5.75 Å². The van der Waals surface area contributed by atoms with Gasteiger partial charge in [0.1, 0.15) is 0 Å². The van der Waals surface area contributed by atoms with Gasteiger partial charge >= 0.3 is 0 Å². The van der Waals surface area contributed by atoms with Crippen LogP contribution < -0.4 is 19.5 Å². The molecule has 130 valence electrons. The standard InChI is InChI=1S/C18H18N2O4S/c1-22-14-7-11(8-15(23-2)16(14)24-3)9-19-18(21)12-5-4-6-13-17(12)25-10-20-13/h4-8,10H,9H2,1-3H3,(H,19,21). The van der Waals surface area contributed by atoms with E-state index in [4.69, 9.17) is 14.2 Å². The van der Waals surface area contributed by atoms with Crippen LogP contribution in [0, 0.1) is 0 Å². The molecule has 0 bridgehead atoms. The van der Waals surface area contributed by atoms with Crippen molar-refractivity contribution < 1.29 is 19.0 Å². The molecular formula is C18H18N2O4S. The fourth-order valence-corrected chi connectivity index (χ4v) is 3.38. The first-order valence-electron chi connectivity index (χ1n) is 7.57. The topological polar surface area (TPSA) is 69.7 Å². The quantitative estimate of drug-likeness (QED) is 0.732. The van der Waals surface area contributed by atoms with Crippen molar-refractivity contribution in [3.05, 3.63) is 47.0 Å². The zero-order valence-electron chi connectivity index (χ0n) is 14.2. The summed E-state index contributed by atoms with van der Waals surface area (Å²) in [6.45, 7) is 0.338. The Morgan fingerprint density at radius 3 is 2.48 bits per heavy atom. The van der Waals surface area contributed by atoms with Gasteiger partial charge in [0, 0.05) is 6.54 Å². The van der Waals surface area contributed by atoms with Crippen molar-refractivity contribution >= 4 is 27.5 Å². The van der Waals surface area contributed by atoms with Crippen molar-refractivity contribution in [2.75, 3.05) is 21.3 Å². The molecule has 1 N–H and O–H groups in total. The van der Waals surface area contributed by atoms with Crippen molar-refractivity contribution in [2.45, 2.75) is 6.54 Å². The van der Waals surface area contributed by atoms with Gasteiger partial charge in [-0.15, -0.1) is 11.3 Å². The molecule has 1 aromatic heterocycles. The second-order valence-electron chi connectivity index (χ2n) is 5.22. The molecule has 0 aliphatic rings. The first kappa shape index (κ1) is 17.0. The van der Waals surface area contributed by atoms with Crippen molar-refractivity contribution in [3.63, 3.8) is 0 Å². The Labute approximate surface area is 149 Å². The van der Waals surface area contributed by atoms with Crippen molar-refractivity contribution in [1.82, 2.24) is 10.3 Å². The van der Waals surface area contributed by atoms with Crippen LogP contribution in [0.4, 0.5) is 0 Å². The Morgan fingerprint density at radius 2 is 1.84 bits per heavy atom. The third-order valence-corrected chi connectivity index (χ3v) is 4.65. The number of benzene rings is 2. The molecule has 1 amide bonds. The second kappa shape index (κ2) is 7.40. The molecule has 0 aliphatic heterocycles. The van der Waals surface area contributed by atoms with Crippen molar-refractivity contribution in [2.24, 2.45) is 0 Å².